The van der Waals surface area contributed by atoms with Gasteiger partial charge in [-0.15, -0.1) is 11.3 Å². The number of carbonyl (C=O) groups excluding carboxylic acids is 2. The minimum absolute atomic E-state index is 0.188. The number of carbonyl (C=O) groups is 2. The third-order valence-electron chi connectivity index (χ3n) is 3.71. The first-order chi connectivity index (χ1) is 10.2. The maximum absolute atomic E-state index is 11.8. The smallest absolute Gasteiger partial charge is 0.313 e. The minimum Gasteiger partial charge on any atom is -0.345 e. The molecule has 2 aromatic rings. The van der Waals surface area contributed by atoms with Crippen molar-refractivity contribution in [1.82, 2.24) is 10.3 Å². The normalized spacial score (nSPS) is 17.7. The summed E-state index contributed by atoms with van der Waals surface area (Å²) < 4.78 is 1.05. The van der Waals surface area contributed by atoms with E-state index >= 15 is 0 Å². The van der Waals surface area contributed by atoms with Crippen LogP contribution in [-0.4, -0.2) is 22.8 Å². The Morgan fingerprint density at radius 2 is 1.95 bits per heavy atom. The van der Waals surface area contributed by atoms with Crippen molar-refractivity contribution in [2.24, 2.45) is 0 Å². The molecule has 0 radical (unpaired) electrons. The summed E-state index contributed by atoms with van der Waals surface area (Å²) in [6.45, 7) is 0. The van der Waals surface area contributed by atoms with Crippen LogP contribution in [0.5, 0.6) is 0 Å². The molecule has 4 rings (SSSR count). The van der Waals surface area contributed by atoms with Crippen molar-refractivity contribution < 1.29 is 9.59 Å². The molecular formula is C15H15N3O2S. The van der Waals surface area contributed by atoms with Crippen LogP contribution in [0.2, 0.25) is 0 Å². The zero-order chi connectivity index (χ0) is 14.4. The minimum atomic E-state index is -0.604. The van der Waals surface area contributed by atoms with E-state index in [9.17, 15) is 9.59 Å². The number of rotatable bonds is 3. The van der Waals surface area contributed by atoms with E-state index in [4.69, 9.17) is 0 Å². The lowest BCUT2D eigenvalue weighted by atomic mass is 10.3. The number of hydrogen-bond donors (Lipinski definition) is 2. The second kappa shape index (κ2) is 4.80. The van der Waals surface area contributed by atoms with Gasteiger partial charge in [0.15, 0.2) is 0 Å². The molecule has 0 unspecified atom stereocenters. The largest absolute Gasteiger partial charge is 0.345 e. The van der Waals surface area contributed by atoms with Crippen molar-refractivity contribution >= 4 is 39.1 Å². The lowest BCUT2D eigenvalue weighted by Crippen LogP contribution is -2.36. The lowest BCUT2D eigenvalue weighted by Gasteiger charge is -2.05. The average Bonchev–Trinajstić information content (AvgIpc) is 3.37. The standard InChI is InChI=1S/C15H15N3O2S/c19-13(16-9-3-4-9)14(20)17-10-5-6-11-12(7-10)21-15(18-11)8-1-2-8/h5-9H,1-4H2,(H,16,19)(H,17,20). The highest BCUT2D eigenvalue weighted by molar-refractivity contribution is 7.18. The Morgan fingerprint density at radius 3 is 2.67 bits per heavy atom. The van der Waals surface area contributed by atoms with Gasteiger partial charge in [0.05, 0.1) is 15.2 Å². The van der Waals surface area contributed by atoms with Gasteiger partial charge in [0.1, 0.15) is 0 Å². The van der Waals surface area contributed by atoms with Crippen LogP contribution in [0.3, 0.4) is 0 Å². The van der Waals surface area contributed by atoms with E-state index in [0.29, 0.717) is 11.6 Å². The molecule has 2 aliphatic rings. The number of amides is 2. The van der Waals surface area contributed by atoms with Gasteiger partial charge in [-0.1, -0.05) is 0 Å². The molecule has 2 N–H and O–H groups in total. The maximum atomic E-state index is 11.8. The average molecular weight is 301 g/mol. The number of hydrogen-bond acceptors (Lipinski definition) is 4. The van der Waals surface area contributed by atoms with E-state index in [1.54, 1.807) is 17.4 Å². The molecular weight excluding hydrogens is 286 g/mol. The van der Waals surface area contributed by atoms with E-state index in [-0.39, 0.29) is 6.04 Å². The first-order valence-corrected chi connectivity index (χ1v) is 8.03. The van der Waals surface area contributed by atoms with Gasteiger partial charge in [0.2, 0.25) is 0 Å². The van der Waals surface area contributed by atoms with E-state index in [1.165, 1.54) is 17.8 Å². The number of fused-ring (bicyclic) bond motifs is 1. The highest BCUT2D eigenvalue weighted by Gasteiger charge is 2.28. The first-order valence-electron chi connectivity index (χ1n) is 7.21. The van der Waals surface area contributed by atoms with Crippen molar-refractivity contribution in [3.63, 3.8) is 0 Å². The fourth-order valence-corrected chi connectivity index (χ4v) is 3.37. The summed E-state index contributed by atoms with van der Waals surface area (Å²) in [5.41, 5.74) is 1.60. The summed E-state index contributed by atoms with van der Waals surface area (Å²) in [4.78, 5) is 28.0. The van der Waals surface area contributed by atoms with Crippen LogP contribution >= 0.6 is 11.3 Å². The van der Waals surface area contributed by atoms with Crippen LogP contribution in [-0.2, 0) is 9.59 Å². The molecule has 1 aromatic carbocycles. The van der Waals surface area contributed by atoms with E-state index in [0.717, 1.165) is 23.1 Å². The second-order valence-corrected chi connectivity index (χ2v) is 6.77. The summed E-state index contributed by atoms with van der Waals surface area (Å²) >= 11 is 1.68. The van der Waals surface area contributed by atoms with Crippen LogP contribution in [0.25, 0.3) is 10.2 Å². The number of thiazole rings is 1. The third kappa shape index (κ3) is 2.76. The van der Waals surface area contributed by atoms with Crippen LogP contribution in [0, 0.1) is 0 Å². The Morgan fingerprint density at radius 1 is 1.14 bits per heavy atom. The van der Waals surface area contributed by atoms with Crippen molar-refractivity contribution in [2.75, 3.05) is 5.32 Å². The second-order valence-electron chi connectivity index (χ2n) is 5.71. The van der Waals surface area contributed by atoms with Gasteiger partial charge < -0.3 is 10.6 Å². The molecule has 0 aliphatic heterocycles. The number of anilines is 1. The first kappa shape index (κ1) is 12.8. The molecule has 5 nitrogen and oxygen atoms in total. The molecule has 2 aliphatic carbocycles. The Balaban J connectivity index is 1.49. The predicted molar refractivity (Wildman–Crippen MR) is 81.4 cm³/mol. The summed E-state index contributed by atoms with van der Waals surface area (Å²) in [6.07, 6.45) is 4.39. The fourth-order valence-electron chi connectivity index (χ4n) is 2.19. The van der Waals surface area contributed by atoms with Crippen molar-refractivity contribution in [3.8, 4) is 0 Å². The molecule has 1 heterocycles. The molecule has 21 heavy (non-hydrogen) atoms. The van der Waals surface area contributed by atoms with E-state index < -0.39 is 11.8 Å². The number of aromatic nitrogens is 1. The molecule has 0 spiro atoms. The van der Waals surface area contributed by atoms with Gasteiger partial charge in [0.25, 0.3) is 0 Å². The van der Waals surface area contributed by atoms with Gasteiger partial charge in [0, 0.05) is 17.6 Å². The quantitative estimate of drug-likeness (QED) is 0.855. The van der Waals surface area contributed by atoms with Gasteiger partial charge in [-0.05, 0) is 43.9 Å². The maximum Gasteiger partial charge on any atom is 0.313 e. The van der Waals surface area contributed by atoms with E-state index in [2.05, 4.69) is 15.6 Å². The third-order valence-corrected chi connectivity index (χ3v) is 4.89. The van der Waals surface area contributed by atoms with Gasteiger partial charge in [-0.2, -0.15) is 0 Å². The zero-order valence-electron chi connectivity index (χ0n) is 11.4. The Kier molecular flexibility index (Phi) is 2.92. The molecule has 2 saturated carbocycles. The molecule has 0 saturated heterocycles. The molecule has 1 aromatic heterocycles. The molecule has 6 heteroatoms. The highest BCUT2D eigenvalue weighted by atomic mass is 32.1. The molecule has 0 atom stereocenters. The summed E-state index contributed by atoms with van der Waals surface area (Å²) in [5.74, 6) is -0.529. The number of benzene rings is 1. The number of nitrogens with one attached hydrogen (secondary N) is 2. The summed E-state index contributed by atoms with van der Waals surface area (Å²) in [5, 5.41) is 6.51. The van der Waals surface area contributed by atoms with Crippen LogP contribution in [0.15, 0.2) is 18.2 Å². The summed E-state index contributed by atoms with van der Waals surface area (Å²) in [6, 6.07) is 5.77. The van der Waals surface area contributed by atoms with Crippen LogP contribution < -0.4 is 10.6 Å². The van der Waals surface area contributed by atoms with Gasteiger partial charge in [-0.25, -0.2) is 4.98 Å². The fraction of sp³-hybridized carbons (Fsp3) is 0.400. The Hall–Kier alpha value is -1.95. The van der Waals surface area contributed by atoms with Crippen LogP contribution in [0.1, 0.15) is 36.6 Å². The Labute approximate surface area is 125 Å². The molecule has 2 amide bonds. The summed E-state index contributed by atoms with van der Waals surface area (Å²) in [7, 11) is 0. The Bertz CT molecular complexity index is 732. The monoisotopic (exact) mass is 301 g/mol. The van der Waals surface area contributed by atoms with Crippen molar-refractivity contribution in [1.29, 1.82) is 0 Å². The van der Waals surface area contributed by atoms with Crippen molar-refractivity contribution in [2.45, 2.75) is 37.6 Å². The lowest BCUT2D eigenvalue weighted by molar-refractivity contribution is -0.136. The number of nitrogens with zero attached hydrogens (tertiary/aromatic N) is 1. The molecule has 0 bridgehead atoms. The van der Waals surface area contributed by atoms with Gasteiger partial charge >= 0.3 is 11.8 Å². The van der Waals surface area contributed by atoms with Gasteiger partial charge in [-0.3, -0.25) is 9.59 Å². The predicted octanol–water partition coefficient (Wildman–Crippen LogP) is 2.39. The SMILES string of the molecule is O=C(Nc1ccc2nc(C3CC3)sc2c1)C(=O)NC1CC1. The molecule has 108 valence electrons. The highest BCUT2D eigenvalue weighted by Crippen LogP contribution is 2.43. The molecule has 2 fully saturated rings. The topological polar surface area (TPSA) is 71.1 Å². The van der Waals surface area contributed by atoms with Crippen molar-refractivity contribution in [3.05, 3.63) is 23.2 Å². The van der Waals surface area contributed by atoms with E-state index in [1.807, 2.05) is 12.1 Å². The van der Waals surface area contributed by atoms with Crippen LogP contribution in [0.4, 0.5) is 5.69 Å². The zero-order valence-corrected chi connectivity index (χ0v) is 12.2.